The maximum absolute atomic E-state index is 12.3. The molecule has 0 fully saturated rings. The third-order valence-corrected chi connectivity index (χ3v) is 5.99. The molecular weight excluding hydrogens is 390 g/mol. The summed E-state index contributed by atoms with van der Waals surface area (Å²) in [4.78, 5) is 14.7. The molecule has 0 N–H and O–H groups in total. The van der Waals surface area contributed by atoms with E-state index in [-0.39, 0.29) is 5.91 Å². The molecule has 2 rings (SSSR count). The highest BCUT2D eigenvalue weighted by molar-refractivity contribution is 9.13. The lowest BCUT2D eigenvalue weighted by atomic mass is 10.1. The van der Waals surface area contributed by atoms with Gasteiger partial charge in [-0.3, -0.25) is 4.79 Å². The van der Waals surface area contributed by atoms with Gasteiger partial charge in [0, 0.05) is 18.1 Å². The van der Waals surface area contributed by atoms with E-state index in [0.717, 1.165) is 18.7 Å². The summed E-state index contributed by atoms with van der Waals surface area (Å²) in [5.74, 6) is 0.0389. The second-order valence-corrected chi connectivity index (χ2v) is 7.60. The Balaban J connectivity index is 2.09. The average molecular weight is 403 g/mol. The van der Waals surface area contributed by atoms with E-state index in [1.165, 1.54) is 16.9 Å². The number of rotatable bonds is 3. The summed E-state index contributed by atoms with van der Waals surface area (Å²) < 4.78 is 1.86. The van der Waals surface area contributed by atoms with E-state index in [1.54, 1.807) is 4.90 Å². The Bertz CT molecular complexity index is 572. The molecule has 1 aromatic heterocycles. The summed E-state index contributed by atoms with van der Waals surface area (Å²) >= 11 is 8.25. The van der Waals surface area contributed by atoms with Crippen LogP contribution in [0.25, 0.3) is 0 Å². The van der Waals surface area contributed by atoms with Crippen LogP contribution in [0.5, 0.6) is 0 Å². The normalized spacial score (nSPS) is 10.5. The molecule has 0 aliphatic carbocycles. The Labute approximate surface area is 133 Å². The molecule has 1 aromatic carbocycles. The van der Waals surface area contributed by atoms with Crippen LogP contribution < -0.4 is 0 Å². The highest BCUT2D eigenvalue weighted by Crippen LogP contribution is 2.33. The van der Waals surface area contributed by atoms with Crippen molar-refractivity contribution in [3.8, 4) is 0 Å². The number of carbonyl (C=O) groups excluding carboxylic acids is 1. The van der Waals surface area contributed by atoms with Crippen LogP contribution in [0.4, 0.5) is 0 Å². The van der Waals surface area contributed by atoms with Gasteiger partial charge < -0.3 is 4.90 Å². The van der Waals surface area contributed by atoms with Crippen LogP contribution in [0.1, 0.15) is 20.8 Å². The maximum Gasteiger partial charge on any atom is 0.264 e. The van der Waals surface area contributed by atoms with E-state index in [1.807, 2.05) is 13.1 Å². The van der Waals surface area contributed by atoms with Gasteiger partial charge in [-0.2, -0.15) is 0 Å². The number of hydrogen-bond donors (Lipinski definition) is 0. The molecule has 0 bridgehead atoms. The van der Waals surface area contributed by atoms with Crippen molar-refractivity contribution in [3.63, 3.8) is 0 Å². The fourth-order valence-electron chi connectivity index (χ4n) is 1.68. The molecule has 1 heterocycles. The molecule has 2 aromatic rings. The summed E-state index contributed by atoms with van der Waals surface area (Å²) in [5, 5.41) is 0. The van der Waals surface area contributed by atoms with Gasteiger partial charge in [0.15, 0.2) is 0 Å². The van der Waals surface area contributed by atoms with Crippen LogP contribution in [0, 0.1) is 6.92 Å². The smallest absolute Gasteiger partial charge is 0.264 e. The SMILES string of the molecule is Cc1ccc(CN(C)C(=O)c2cc(Br)c(Br)s2)cc1. The number of hydrogen-bond acceptors (Lipinski definition) is 2. The Morgan fingerprint density at radius 3 is 2.42 bits per heavy atom. The number of nitrogens with zero attached hydrogens (tertiary/aromatic N) is 1. The number of halogens is 2. The zero-order chi connectivity index (χ0) is 14.0. The first kappa shape index (κ1) is 14.8. The Morgan fingerprint density at radius 2 is 1.89 bits per heavy atom. The van der Waals surface area contributed by atoms with Gasteiger partial charge in [-0.1, -0.05) is 29.8 Å². The topological polar surface area (TPSA) is 20.3 Å². The van der Waals surface area contributed by atoms with Crippen molar-refractivity contribution < 1.29 is 4.79 Å². The van der Waals surface area contributed by atoms with Crippen molar-refractivity contribution in [2.24, 2.45) is 0 Å². The minimum Gasteiger partial charge on any atom is -0.337 e. The molecule has 0 aliphatic heterocycles. The fourth-order valence-corrected chi connectivity index (χ4v) is 3.71. The van der Waals surface area contributed by atoms with E-state index in [4.69, 9.17) is 0 Å². The molecule has 0 radical (unpaired) electrons. The molecule has 0 aliphatic rings. The molecule has 0 saturated carbocycles. The standard InChI is InChI=1S/C14H13Br2NOS/c1-9-3-5-10(6-4-9)8-17(2)14(18)12-7-11(15)13(16)19-12/h3-7H,8H2,1-2H3. The second kappa shape index (κ2) is 6.20. The number of aryl methyl sites for hydroxylation is 1. The van der Waals surface area contributed by atoms with Gasteiger partial charge in [0.1, 0.15) is 0 Å². The van der Waals surface area contributed by atoms with Crippen molar-refractivity contribution in [2.45, 2.75) is 13.5 Å². The summed E-state index contributed by atoms with van der Waals surface area (Å²) in [5.41, 5.74) is 2.36. The van der Waals surface area contributed by atoms with Crippen molar-refractivity contribution in [3.05, 3.63) is 54.6 Å². The third-order valence-electron chi connectivity index (χ3n) is 2.74. The van der Waals surface area contributed by atoms with Crippen LogP contribution in [0.3, 0.4) is 0 Å². The molecule has 2 nitrogen and oxygen atoms in total. The Kier molecular flexibility index (Phi) is 4.81. The Hall–Kier alpha value is -0.650. The maximum atomic E-state index is 12.3. The van der Waals surface area contributed by atoms with Gasteiger partial charge >= 0.3 is 0 Å². The van der Waals surface area contributed by atoms with E-state index >= 15 is 0 Å². The van der Waals surface area contributed by atoms with Gasteiger partial charge in [0.25, 0.3) is 5.91 Å². The number of thiophene rings is 1. The molecular formula is C14H13Br2NOS. The quantitative estimate of drug-likeness (QED) is 0.718. The lowest BCUT2D eigenvalue weighted by Crippen LogP contribution is -2.25. The van der Waals surface area contributed by atoms with Crippen LogP contribution in [0.15, 0.2) is 38.6 Å². The molecule has 0 saturated heterocycles. The lowest BCUT2D eigenvalue weighted by molar-refractivity contribution is 0.0790. The average Bonchev–Trinajstić information content (AvgIpc) is 2.71. The molecule has 1 amide bonds. The Morgan fingerprint density at radius 1 is 1.26 bits per heavy atom. The summed E-state index contributed by atoms with van der Waals surface area (Å²) in [6, 6.07) is 10.1. The molecule has 19 heavy (non-hydrogen) atoms. The van der Waals surface area contributed by atoms with Crippen molar-refractivity contribution in [1.82, 2.24) is 4.90 Å². The van der Waals surface area contributed by atoms with E-state index in [2.05, 4.69) is 63.0 Å². The van der Waals surface area contributed by atoms with Gasteiger partial charge in [-0.15, -0.1) is 11.3 Å². The lowest BCUT2D eigenvalue weighted by Gasteiger charge is -2.16. The minimum atomic E-state index is 0.0389. The molecule has 100 valence electrons. The monoisotopic (exact) mass is 401 g/mol. The number of amides is 1. The zero-order valence-electron chi connectivity index (χ0n) is 10.6. The van der Waals surface area contributed by atoms with Crippen LogP contribution in [0.2, 0.25) is 0 Å². The molecule has 0 atom stereocenters. The fraction of sp³-hybridized carbons (Fsp3) is 0.214. The van der Waals surface area contributed by atoms with Crippen molar-refractivity contribution in [1.29, 1.82) is 0 Å². The van der Waals surface area contributed by atoms with Gasteiger partial charge in [-0.05, 0) is 50.4 Å². The van der Waals surface area contributed by atoms with Gasteiger partial charge in [0.05, 0.1) is 8.66 Å². The molecule has 0 unspecified atom stereocenters. The second-order valence-electron chi connectivity index (χ2n) is 4.38. The van der Waals surface area contributed by atoms with Crippen LogP contribution in [-0.2, 0) is 6.54 Å². The number of benzene rings is 1. The first-order chi connectivity index (χ1) is 8.97. The van der Waals surface area contributed by atoms with Gasteiger partial charge in [0.2, 0.25) is 0 Å². The van der Waals surface area contributed by atoms with Crippen molar-refractivity contribution in [2.75, 3.05) is 7.05 Å². The molecule has 5 heteroatoms. The summed E-state index contributed by atoms with van der Waals surface area (Å²) in [7, 11) is 1.82. The first-order valence-electron chi connectivity index (χ1n) is 5.73. The zero-order valence-corrected chi connectivity index (χ0v) is 14.6. The van der Waals surface area contributed by atoms with Crippen molar-refractivity contribution >= 4 is 49.1 Å². The summed E-state index contributed by atoms with van der Waals surface area (Å²) in [6.07, 6.45) is 0. The van der Waals surface area contributed by atoms with Crippen LogP contribution >= 0.6 is 43.2 Å². The predicted molar refractivity (Wildman–Crippen MR) is 86.7 cm³/mol. The van der Waals surface area contributed by atoms with E-state index < -0.39 is 0 Å². The minimum absolute atomic E-state index is 0.0389. The van der Waals surface area contributed by atoms with Gasteiger partial charge in [-0.25, -0.2) is 0 Å². The van der Waals surface area contributed by atoms with E-state index in [9.17, 15) is 4.79 Å². The highest BCUT2D eigenvalue weighted by atomic mass is 79.9. The predicted octanol–water partition coefficient (Wildman–Crippen LogP) is 4.85. The number of carbonyl (C=O) groups is 1. The van der Waals surface area contributed by atoms with Crippen LogP contribution in [-0.4, -0.2) is 17.9 Å². The highest BCUT2D eigenvalue weighted by Gasteiger charge is 2.16. The largest absolute Gasteiger partial charge is 0.337 e. The molecule has 0 spiro atoms. The van der Waals surface area contributed by atoms with E-state index in [0.29, 0.717) is 6.54 Å². The first-order valence-corrected chi connectivity index (χ1v) is 8.13. The third kappa shape index (κ3) is 3.68. The summed E-state index contributed by atoms with van der Waals surface area (Å²) in [6.45, 7) is 2.67.